The average molecular weight is 375 g/mol. The minimum absolute atomic E-state index is 0.0257. The van der Waals surface area contributed by atoms with Gasteiger partial charge in [0.15, 0.2) is 9.84 Å². The Balaban J connectivity index is 1.47. The highest BCUT2D eigenvalue weighted by molar-refractivity contribution is 7.91. The zero-order valence-electron chi connectivity index (χ0n) is 15.1. The van der Waals surface area contributed by atoms with Crippen molar-refractivity contribution in [2.45, 2.75) is 31.4 Å². The number of carbonyl (C=O) groups excluding carboxylic acids is 1. The molecule has 3 aliphatic heterocycles. The number of sulfone groups is 1. The fourth-order valence-corrected chi connectivity index (χ4v) is 4.55. The van der Waals surface area contributed by atoms with E-state index in [9.17, 15) is 13.2 Å². The Morgan fingerprint density at radius 3 is 2.60 bits per heavy atom. The highest BCUT2D eigenvalue weighted by atomic mass is 32.2. The van der Waals surface area contributed by atoms with E-state index in [-0.39, 0.29) is 29.1 Å². The van der Waals surface area contributed by atoms with E-state index in [1.807, 2.05) is 11.9 Å². The van der Waals surface area contributed by atoms with Crippen molar-refractivity contribution in [3.8, 4) is 0 Å². The van der Waals surface area contributed by atoms with Crippen LogP contribution in [0.3, 0.4) is 0 Å². The van der Waals surface area contributed by atoms with Crippen molar-refractivity contribution < 1.29 is 22.8 Å². The molecule has 0 aromatic heterocycles. The Morgan fingerprint density at radius 1 is 1.24 bits per heavy atom. The predicted molar refractivity (Wildman–Crippen MR) is 92.8 cm³/mol. The second kappa shape index (κ2) is 7.48. The van der Waals surface area contributed by atoms with Crippen molar-refractivity contribution in [3.63, 3.8) is 0 Å². The summed E-state index contributed by atoms with van der Waals surface area (Å²) in [4.78, 5) is 22.2. The molecule has 8 nitrogen and oxygen atoms in total. The standard InChI is InChI=1S/C16H29N3O5S/c1-3-25(21,22)9-7-18-12-16(13-18)11-17(2)14(10-23-16)15(20)19-6-4-5-8-24-19/h14H,3-13H2,1-2H3. The third kappa shape index (κ3) is 4.33. The average Bonchev–Trinajstić information content (AvgIpc) is 2.58. The molecule has 0 aromatic rings. The van der Waals surface area contributed by atoms with Gasteiger partial charge in [0, 0.05) is 38.5 Å². The van der Waals surface area contributed by atoms with Crippen LogP contribution in [0.4, 0.5) is 0 Å². The number of ether oxygens (including phenoxy) is 1. The first-order valence-corrected chi connectivity index (χ1v) is 10.9. The largest absolute Gasteiger partial charge is 0.369 e. The quantitative estimate of drug-likeness (QED) is 0.632. The lowest BCUT2D eigenvalue weighted by Gasteiger charge is -2.55. The van der Waals surface area contributed by atoms with Gasteiger partial charge >= 0.3 is 0 Å². The van der Waals surface area contributed by atoms with Crippen molar-refractivity contribution >= 4 is 15.7 Å². The van der Waals surface area contributed by atoms with Crippen LogP contribution in [0, 0.1) is 0 Å². The van der Waals surface area contributed by atoms with Crippen LogP contribution < -0.4 is 0 Å². The third-order valence-corrected chi connectivity index (χ3v) is 7.02. The lowest BCUT2D eigenvalue weighted by atomic mass is 9.91. The van der Waals surface area contributed by atoms with Crippen molar-refractivity contribution in [3.05, 3.63) is 0 Å². The first kappa shape index (κ1) is 19.0. The van der Waals surface area contributed by atoms with E-state index in [1.165, 1.54) is 5.06 Å². The summed E-state index contributed by atoms with van der Waals surface area (Å²) in [6, 6.07) is -0.307. The van der Waals surface area contributed by atoms with E-state index in [4.69, 9.17) is 9.57 Å². The van der Waals surface area contributed by atoms with Gasteiger partial charge in [-0.15, -0.1) is 0 Å². The van der Waals surface area contributed by atoms with E-state index in [1.54, 1.807) is 6.92 Å². The van der Waals surface area contributed by atoms with Gasteiger partial charge in [0.2, 0.25) is 0 Å². The van der Waals surface area contributed by atoms with Gasteiger partial charge < -0.3 is 4.74 Å². The second-order valence-corrected chi connectivity index (χ2v) is 9.83. The molecular weight excluding hydrogens is 346 g/mol. The summed E-state index contributed by atoms with van der Waals surface area (Å²) in [6.07, 6.45) is 1.97. The molecule has 3 aliphatic rings. The van der Waals surface area contributed by atoms with Gasteiger partial charge in [-0.2, -0.15) is 0 Å². The minimum atomic E-state index is -2.93. The Bertz CT molecular complexity index is 585. The summed E-state index contributed by atoms with van der Waals surface area (Å²) in [5.74, 6) is 0.360. The molecule has 1 amide bonds. The summed E-state index contributed by atoms with van der Waals surface area (Å²) in [6.45, 7) is 5.95. The van der Waals surface area contributed by atoms with Crippen molar-refractivity contribution in [2.24, 2.45) is 0 Å². The van der Waals surface area contributed by atoms with E-state index in [0.29, 0.717) is 32.8 Å². The van der Waals surface area contributed by atoms with Crippen LogP contribution in [0.2, 0.25) is 0 Å². The molecule has 0 radical (unpaired) electrons. The summed E-state index contributed by atoms with van der Waals surface area (Å²) >= 11 is 0. The third-order valence-electron chi connectivity index (χ3n) is 5.33. The van der Waals surface area contributed by atoms with E-state index >= 15 is 0 Å². The number of likely N-dealkylation sites (N-methyl/N-ethyl adjacent to an activating group) is 1. The van der Waals surface area contributed by atoms with Crippen LogP contribution in [0.5, 0.6) is 0 Å². The molecule has 3 fully saturated rings. The Morgan fingerprint density at radius 2 is 2.00 bits per heavy atom. The molecule has 3 rings (SSSR count). The number of amides is 1. The van der Waals surface area contributed by atoms with Crippen LogP contribution in [-0.4, -0.2) is 105 Å². The van der Waals surface area contributed by atoms with E-state index in [2.05, 4.69) is 4.90 Å². The molecule has 1 unspecified atom stereocenters. The topological polar surface area (TPSA) is 79.4 Å². The summed E-state index contributed by atoms with van der Waals surface area (Å²) < 4.78 is 29.3. The van der Waals surface area contributed by atoms with Gasteiger partial charge in [-0.25, -0.2) is 13.5 Å². The fraction of sp³-hybridized carbons (Fsp3) is 0.938. The van der Waals surface area contributed by atoms with Gasteiger partial charge in [0.25, 0.3) is 5.91 Å². The van der Waals surface area contributed by atoms with Crippen LogP contribution in [0.1, 0.15) is 19.8 Å². The lowest BCUT2D eigenvalue weighted by Crippen LogP contribution is -2.72. The van der Waals surface area contributed by atoms with E-state index < -0.39 is 9.84 Å². The highest BCUT2D eigenvalue weighted by Gasteiger charge is 2.50. The Labute approximate surface area is 149 Å². The van der Waals surface area contributed by atoms with Crippen LogP contribution in [0.25, 0.3) is 0 Å². The summed E-state index contributed by atoms with van der Waals surface area (Å²) in [5.41, 5.74) is -0.274. The molecule has 1 atom stereocenters. The molecule has 0 aliphatic carbocycles. The molecule has 25 heavy (non-hydrogen) atoms. The van der Waals surface area contributed by atoms with Crippen molar-refractivity contribution in [1.82, 2.24) is 14.9 Å². The van der Waals surface area contributed by atoms with Gasteiger partial charge in [-0.1, -0.05) is 6.92 Å². The smallest absolute Gasteiger partial charge is 0.265 e. The van der Waals surface area contributed by atoms with Crippen LogP contribution >= 0.6 is 0 Å². The molecule has 3 heterocycles. The van der Waals surface area contributed by atoms with Gasteiger partial charge in [-0.3, -0.25) is 19.4 Å². The molecule has 9 heteroatoms. The lowest BCUT2D eigenvalue weighted by molar-refractivity contribution is -0.223. The number of rotatable bonds is 5. The molecule has 0 aromatic carbocycles. The predicted octanol–water partition coefficient (Wildman–Crippen LogP) is -0.640. The van der Waals surface area contributed by atoms with E-state index in [0.717, 1.165) is 25.9 Å². The molecule has 0 bridgehead atoms. The van der Waals surface area contributed by atoms with Gasteiger partial charge in [-0.05, 0) is 19.9 Å². The monoisotopic (exact) mass is 375 g/mol. The number of hydroxylamine groups is 2. The molecule has 3 saturated heterocycles. The SMILES string of the molecule is CCS(=O)(=O)CCN1CC2(C1)CN(C)C(C(=O)N1CCCCO1)CO2. The zero-order chi connectivity index (χ0) is 18.1. The maximum atomic E-state index is 12.6. The normalized spacial score (nSPS) is 28.1. The number of nitrogens with zero attached hydrogens (tertiary/aromatic N) is 3. The van der Waals surface area contributed by atoms with Crippen LogP contribution in [-0.2, 0) is 24.2 Å². The van der Waals surface area contributed by atoms with Crippen LogP contribution in [0.15, 0.2) is 0 Å². The molecular formula is C16H29N3O5S. The highest BCUT2D eigenvalue weighted by Crippen LogP contribution is 2.31. The molecule has 0 N–H and O–H groups in total. The van der Waals surface area contributed by atoms with Crippen molar-refractivity contribution in [1.29, 1.82) is 0 Å². The number of hydrogen-bond acceptors (Lipinski definition) is 7. The second-order valence-electron chi connectivity index (χ2n) is 7.35. The maximum absolute atomic E-state index is 12.6. The van der Waals surface area contributed by atoms with Crippen molar-refractivity contribution in [2.75, 3.05) is 64.5 Å². The molecule has 144 valence electrons. The zero-order valence-corrected chi connectivity index (χ0v) is 16.0. The molecule has 1 spiro atoms. The number of hydrogen-bond donors (Lipinski definition) is 0. The number of morpholine rings is 1. The minimum Gasteiger partial charge on any atom is -0.369 e. The summed E-state index contributed by atoms with van der Waals surface area (Å²) in [7, 11) is -0.988. The Hall–Kier alpha value is -0.740. The fourth-order valence-electron chi connectivity index (χ4n) is 3.72. The summed E-state index contributed by atoms with van der Waals surface area (Å²) in [5, 5.41) is 1.48. The first-order chi connectivity index (χ1) is 11.8. The van der Waals surface area contributed by atoms with Gasteiger partial charge in [0.05, 0.1) is 19.0 Å². The first-order valence-electron chi connectivity index (χ1n) is 9.05. The number of likely N-dealkylation sites (tertiary alicyclic amines) is 1. The van der Waals surface area contributed by atoms with Gasteiger partial charge in [0.1, 0.15) is 11.6 Å². The molecule has 0 saturated carbocycles. The maximum Gasteiger partial charge on any atom is 0.265 e. The Kier molecular flexibility index (Phi) is 5.69. The number of carbonyl (C=O) groups is 1.